The van der Waals surface area contributed by atoms with Gasteiger partial charge in [-0.15, -0.1) is 0 Å². The van der Waals surface area contributed by atoms with Gasteiger partial charge in [0, 0.05) is 17.8 Å². The van der Waals surface area contributed by atoms with Gasteiger partial charge in [0.05, 0.1) is 6.61 Å². The SMILES string of the molecule is CC(C)CCOc1ccc(CNCC2(C)CCCS2)cc1. The first kappa shape index (κ1) is 16.7. The summed E-state index contributed by atoms with van der Waals surface area (Å²) in [5.74, 6) is 3.00. The summed E-state index contributed by atoms with van der Waals surface area (Å²) in [6.07, 6.45) is 3.82. The molecule has 3 heteroatoms. The second kappa shape index (κ2) is 8.09. The van der Waals surface area contributed by atoms with E-state index >= 15 is 0 Å². The first-order chi connectivity index (χ1) is 10.1. The van der Waals surface area contributed by atoms with Crippen molar-refractivity contribution < 1.29 is 4.74 Å². The lowest BCUT2D eigenvalue weighted by molar-refractivity contribution is 0.289. The van der Waals surface area contributed by atoms with Gasteiger partial charge < -0.3 is 10.1 Å². The van der Waals surface area contributed by atoms with Crippen molar-refractivity contribution in [3.63, 3.8) is 0 Å². The molecule has 1 unspecified atom stereocenters. The van der Waals surface area contributed by atoms with Crippen molar-refractivity contribution in [2.24, 2.45) is 5.92 Å². The van der Waals surface area contributed by atoms with Crippen LogP contribution in [0.5, 0.6) is 5.75 Å². The summed E-state index contributed by atoms with van der Waals surface area (Å²) in [5.41, 5.74) is 1.33. The molecular formula is C18H29NOS. The van der Waals surface area contributed by atoms with Gasteiger partial charge in [-0.1, -0.05) is 26.0 Å². The highest BCUT2D eigenvalue weighted by Crippen LogP contribution is 2.36. The fraction of sp³-hybridized carbons (Fsp3) is 0.667. The van der Waals surface area contributed by atoms with Gasteiger partial charge in [0.15, 0.2) is 0 Å². The molecule has 0 radical (unpaired) electrons. The van der Waals surface area contributed by atoms with Crippen molar-refractivity contribution in [2.45, 2.75) is 51.3 Å². The lowest BCUT2D eigenvalue weighted by Gasteiger charge is -2.23. The third kappa shape index (κ3) is 5.91. The Morgan fingerprint density at radius 2 is 2.05 bits per heavy atom. The quantitative estimate of drug-likeness (QED) is 0.765. The van der Waals surface area contributed by atoms with Crippen LogP contribution in [0.4, 0.5) is 0 Å². The molecule has 1 atom stereocenters. The maximum atomic E-state index is 5.75. The van der Waals surface area contributed by atoms with Crippen LogP contribution in [0.15, 0.2) is 24.3 Å². The molecule has 1 saturated heterocycles. The largest absolute Gasteiger partial charge is 0.494 e. The molecule has 1 heterocycles. The van der Waals surface area contributed by atoms with Crippen LogP contribution in [-0.2, 0) is 6.54 Å². The third-order valence-electron chi connectivity index (χ3n) is 4.02. The van der Waals surface area contributed by atoms with Gasteiger partial charge in [0.1, 0.15) is 5.75 Å². The molecule has 0 bridgehead atoms. The number of hydrogen-bond acceptors (Lipinski definition) is 3. The summed E-state index contributed by atoms with van der Waals surface area (Å²) in [7, 11) is 0. The molecule has 0 aromatic heterocycles. The molecule has 0 saturated carbocycles. The van der Waals surface area contributed by atoms with Crippen molar-refractivity contribution in [1.82, 2.24) is 5.32 Å². The number of benzene rings is 1. The topological polar surface area (TPSA) is 21.3 Å². The Labute approximate surface area is 134 Å². The van der Waals surface area contributed by atoms with Crippen LogP contribution in [0, 0.1) is 5.92 Å². The third-order valence-corrected chi connectivity index (χ3v) is 5.55. The van der Waals surface area contributed by atoms with Crippen LogP contribution in [0.1, 0.15) is 45.6 Å². The summed E-state index contributed by atoms with van der Waals surface area (Å²) < 4.78 is 6.19. The summed E-state index contributed by atoms with van der Waals surface area (Å²) in [4.78, 5) is 0. The van der Waals surface area contributed by atoms with E-state index in [4.69, 9.17) is 4.74 Å². The van der Waals surface area contributed by atoms with Crippen molar-refractivity contribution in [3.05, 3.63) is 29.8 Å². The molecule has 21 heavy (non-hydrogen) atoms. The molecule has 0 spiro atoms. The van der Waals surface area contributed by atoms with E-state index in [0.717, 1.165) is 31.9 Å². The average molecular weight is 308 g/mol. The van der Waals surface area contributed by atoms with E-state index in [9.17, 15) is 0 Å². The number of rotatable bonds is 8. The standard InChI is InChI=1S/C18H29NOS/c1-15(2)9-11-20-17-7-5-16(6-8-17)13-19-14-18(3)10-4-12-21-18/h5-8,15,19H,4,9-14H2,1-3H3. The van der Waals surface area contributed by atoms with Crippen molar-refractivity contribution in [3.8, 4) is 5.75 Å². The smallest absolute Gasteiger partial charge is 0.119 e. The summed E-state index contributed by atoms with van der Waals surface area (Å²) in [6, 6.07) is 8.51. The average Bonchev–Trinajstić information content (AvgIpc) is 2.87. The molecular weight excluding hydrogens is 278 g/mol. The van der Waals surface area contributed by atoms with Gasteiger partial charge >= 0.3 is 0 Å². The molecule has 1 fully saturated rings. The summed E-state index contributed by atoms with van der Waals surface area (Å²) in [6.45, 7) is 9.68. The van der Waals surface area contributed by atoms with E-state index in [-0.39, 0.29) is 0 Å². The van der Waals surface area contributed by atoms with E-state index in [1.807, 2.05) is 0 Å². The predicted octanol–water partition coefficient (Wildman–Crippen LogP) is 4.49. The maximum absolute atomic E-state index is 5.75. The van der Waals surface area contributed by atoms with Gasteiger partial charge in [-0.2, -0.15) is 11.8 Å². The summed E-state index contributed by atoms with van der Waals surface area (Å²) >= 11 is 2.11. The fourth-order valence-corrected chi connectivity index (χ4v) is 3.84. The highest BCUT2D eigenvalue weighted by Gasteiger charge is 2.28. The van der Waals surface area contributed by atoms with Crippen LogP contribution in [-0.4, -0.2) is 23.7 Å². The second-order valence-electron chi connectivity index (χ2n) is 6.68. The zero-order valence-corrected chi connectivity index (χ0v) is 14.5. The molecule has 2 nitrogen and oxygen atoms in total. The monoisotopic (exact) mass is 307 g/mol. The second-order valence-corrected chi connectivity index (χ2v) is 8.36. The fourth-order valence-electron chi connectivity index (χ4n) is 2.56. The first-order valence-corrected chi connectivity index (χ1v) is 9.12. The minimum Gasteiger partial charge on any atom is -0.494 e. The first-order valence-electron chi connectivity index (χ1n) is 8.14. The number of ether oxygens (including phenoxy) is 1. The normalized spacial score (nSPS) is 21.9. The van der Waals surface area contributed by atoms with Crippen molar-refractivity contribution >= 4 is 11.8 Å². The minimum absolute atomic E-state index is 0.444. The van der Waals surface area contributed by atoms with Crippen LogP contribution < -0.4 is 10.1 Å². The molecule has 118 valence electrons. The van der Waals surface area contributed by atoms with E-state index in [2.05, 4.69) is 62.1 Å². The Balaban J connectivity index is 1.69. The van der Waals surface area contributed by atoms with E-state index in [0.29, 0.717) is 10.7 Å². The van der Waals surface area contributed by atoms with Crippen molar-refractivity contribution in [2.75, 3.05) is 18.9 Å². The Hall–Kier alpha value is -0.670. The predicted molar refractivity (Wildman–Crippen MR) is 93.2 cm³/mol. The highest BCUT2D eigenvalue weighted by molar-refractivity contribution is 8.00. The maximum Gasteiger partial charge on any atom is 0.119 e. The zero-order chi connectivity index (χ0) is 15.1. The molecule has 1 aliphatic rings. The summed E-state index contributed by atoms with van der Waals surface area (Å²) in [5, 5.41) is 3.60. The van der Waals surface area contributed by atoms with E-state index < -0.39 is 0 Å². The molecule has 0 aliphatic carbocycles. The van der Waals surface area contributed by atoms with E-state index in [1.54, 1.807) is 0 Å². The molecule has 1 aromatic carbocycles. The molecule has 1 N–H and O–H groups in total. The van der Waals surface area contributed by atoms with Gasteiger partial charge in [-0.25, -0.2) is 0 Å². The molecule has 2 rings (SSSR count). The van der Waals surface area contributed by atoms with Crippen molar-refractivity contribution in [1.29, 1.82) is 0 Å². The van der Waals surface area contributed by atoms with Gasteiger partial charge in [-0.05, 0) is 55.6 Å². The van der Waals surface area contributed by atoms with Crippen LogP contribution in [0.3, 0.4) is 0 Å². The lowest BCUT2D eigenvalue weighted by atomic mass is 10.1. The number of thioether (sulfide) groups is 1. The lowest BCUT2D eigenvalue weighted by Crippen LogP contribution is -2.32. The Kier molecular flexibility index (Phi) is 6.43. The molecule has 1 aliphatic heterocycles. The number of hydrogen-bond donors (Lipinski definition) is 1. The van der Waals surface area contributed by atoms with Gasteiger partial charge in [0.25, 0.3) is 0 Å². The Morgan fingerprint density at radius 1 is 1.29 bits per heavy atom. The molecule has 1 aromatic rings. The molecule has 0 amide bonds. The Morgan fingerprint density at radius 3 is 2.67 bits per heavy atom. The van der Waals surface area contributed by atoms with Gasteiger partial charge in [-0.3, -0.25) is 0 Å². The zero-order valence-electron chi connectivity index (χ0n) is 13.7. The van der Waals surface area contributed by atoms with Gasteiger partial charge in [0.2, 0.25) is 0 Å². The van der Waals surface area contributed by atoms with Crippen LogP contribution in [0.2, 0.25) is 0 Å². The minimum atomic E-state index is 0.444. The highest BCUT2D eigenvalue weighted by atomic mass is 32.2. The number of nitrogens with one attached hydrogen (secondary N) is 1. The van der Waals surface area contributed by atoms with Crippen LogP contribution in [0.25, 0.3) is 0 Å². The Bertz CT molecular complexity index is 410. The van der Waals surface area contributed by atoms with E-state index in [1.165, 1.54) is 24.2 Å². The van der Waals surface area contributed by atoms with Crippen LogP contribution >= 0.6 is 11.8 Å².